The Kier molecular flexibility index (Phi) is 23.4. The third kappa shape index (κ3) is 14.6. The first-order chi connectivity index (χ1) is 16.6. The van der Waals surface area contributed by atoms with E-state index in [1.165, 1.54) is 12.0 Å². The van der Waals surface area contributed by atoms with E-state index in [1.54, 1.807) is 22.3 Å². The third-order valence-corrected chi connectivity index (χ3v) is 6.27. The normalized spacial score (nSPS) is 11.5. The van der Waals surface area contributed by atoms with Crippen LogP contribution in [-0.2, 0) is 28.1 Å². The molecule has 37 heavy (non-hydrogen) atoms. The van der Waals surface area contributed by atoms with Crippen molar-refractivity contribution < 1.29 is 46.5 Å². The Hall–Kier alpha value is -1.92. The molecule has 0 amide bonds. The van der Waals surface area contributed by atoms with Gasteiger partial charge in [-0.1, -0.05) is 40.0 Å². The molecule has 1 heterocycles. The van der Waals surface area contributed by atoms with Crippen molar-refractivity contribution in [2.45, 2.75) is 40.0 Å². The minimum atomic E-state index is 0. The molecule has 4 heteroatoms. The number of fused-ring (bicyclic) bond motifs is 1. The number of rotatable bonds is 0. The first-order valence-electron chi connectivity index (χ1n) is 11.6. The van der Waals surface area contributed by atoms with Gasteiger partial charge in [0.25, 0.3) is 0 Å². The topological polar surface area (TPSA) is 0 Å². The molecule has 0 saturated carbocycles. The summed E-state index contributed by atoms with van der Waals surface area (Å²) >= 11 is 0. The molecule has 1 aliphatic rings. The Bertz CT molecular complexity index is 918. The summed E-state index contributed by atoms with van der Waals surface area (Å²) in [5, 5.41) is 0. The number of benzene rings is 3. The molecule has 0 radical (unpaired) electrons. The molecule has 6 rings (SSSR count). The van der Waals surface area contributed by atoms with Crippen molar-refractivity contribution in [3.63, 3.8) is 0 Å². The third-order valence-electron chi connectivity index (χ3n) is 5.57. The van der Waals surface area contributed by atoms with Gasteiger partial charge in [0.1, 0.15) is 0 Å². The molecule has 2 atom stereocenters. The van der Waals surface area contributed by atoms with Crippen molar-refractivity contribution in [2.75, 3.05) is 0 Å². The zero-order valence-corrected chi connectivity index (χ0v) is 26.0. The molecule has 0 fully saturated rings. The van der Waals surface area contributed by atoms with Gasteiger partial charge in [-0.05, 0) is 0 Å². The average molecular weight is 580 g/mol. The molecule has 5 aromatic rings. The molecule has 0 aliphatic heterocycles. The Morgan fingerprint density at radius 3 is 1.24 bits per heavy atom. The summed E-state index contributed by atoms with van der Waals surface area (Å²) in [4.78, 5) is 0. The predicted octanol–water partition coefficient (Wildman–Crippen LogP) is 2.97. The van der Waals surface area contributed by atoms with Crippen LogP contribution in [0.2, 0.25) is 0 Å². The smallest absolute Gasteiger partial charge is 1.00 e. The summed E-state index contributed by atoms with van der Waals surface area (Å²) in [6.07, 6.45) is 1.32. The predicted molar refractivity (Wildman–Crippen MR) is 149 cm³/mol. The van der Waals surface area contributed by atoms with E-state index in [2.05, 4.69) is 57.5 Å². The van der Waals surface area contributed by atoms with E-state index in [1.807, 2.05) is 103 Å². The van der Waals surface area contributed by atoms with E-state index in [9.17, 15) is 0 Å². The molecular formula is C33H34Cl2PTi-5. The van der Waals surface area contributed by atoms with Gasteiger partial charge in [-0.3, -0.25) is 8.19 Å². The second-order valence-corrected chi connectivity index (χ2v) is 8.83. The standard InChI is InChI=1S/C11H15.3C6H5.C4H4P.2ClH.Ti/c1-6-5-10-8(3)7(2)9(4)11(6)10;3*1-2-4-6-5-3-1;1-2-4-5-3-1;;;/h6H,5H2,1-4H3;3*1-5H;1-3,5H;2*1H;/q5*-1;;;+2/p-2. The van der Waals surface area contributed by atoms with Crippen LogP contribution in [0.3, 0.4) is 0 Å². The fourth-order valence-corrected chi connectivity index (χ4v) is 4.09. The zero-order valence-electron chi connectivity index (χ0n) is 21.9. The van der Waals surface area contributed by atoms with Gasteiger partial charge >= 0.3 is 21.7 Å². The van der Waals surface area contributed by atoms with E-state index in [-0.39, 0.29) is 46.5 Å². The van der Waals surface area contributed by atoms with Crippen molar-refractivity contribution in [1.82, 2.24) is 0 Å². The van der Waals surface area contributed by atoms with Crippen molar-refractivity contribution in [3.05, 3.63) is 161 Å². The molecule has 0 saturated heterocycles. The van der Waals surface area contributed by atoms with Gasteiger partial charge in [0.2, 0.25) is 0 Å². The van der Waals surface area contributed by atoms with Gasteiger partial charge < -0.3 is 24.8 Å². The van der Waals surface area contributed by atoms with Crippen LogP contribution < -0.4 is 24.8 Å². The van der Waals surface area contributed by atoms with E-state index in [0.717, 1.165) is 14.1 Å². The van der Waals surface area contributed by atoms with E-state index >= 15 is 0 Å². The number of hydrogen-bond acceptors (Lipinski definition) is 0. The summed E-state index contributed by atoms with van der Waals surface area (Å²) in [5.74, 6) is 5.94. The van der Waals surface area contributed by atoms with Gasteiger partial charge in [0.05, 0.1) is 0 Å². The largest absolute Gasteiger partial charge is 2.00 e. The van der Waals surface area contributed by atoms with Crippen molar-refractivity contribution in [1.29, 1.82) is 0 Å². The van der Waals surface area contributed by atoms with Crippen LogP contribution in [0.5, 0.6) is 0 Å². The zero-order chi connectivity index (χ0) is 24.4. The molecule has 0 N–H and O–H groups in total. The summed E-state index contributed by atoms with van der Waals surface area (Å²) in [5.41, 5.74) is 7.93. The fourth-order valence-electron chi connectivity index (χ4n) is 3.61. The van der Waals surface area contributed by atoms with Gasteiger partial charge in [0, 0.05) is 0 Å². The Morgan fingerprint density at radius 2 is 1.08 bits per heavy atom. The van der Waals surface area contributed by atoms with Crippen LogP contribution in [0.15, 0.2) is 109 Å². The second kappa shape index (κ2) is 23.2. The summed E-state index contributed by atoms with van der Waals surface area (Å²) in [7, 11) is 0.823. The molecule has 1 aliphatic carbocycles. The second-order valence-electron chi connectivity index (χ2n) is 7.92. The molecule has 0 bridgehead atoms. The summed E-state index contributed by atoms with van der Waals surface area (Å²) < 4.78 is 0. The maximum absolute atomic E-state index is 3.01. The first kappa shape index (κ1) is 37.2. The van der Waals surface area contributed by atoms with Crippen molar-refractivity contribution in [3.8, 4) is 0 Å². The maximum atomic E-state index is 3.01. The monoisotopic (exact) mass is 579 g/mol. The Labute approximate surface area is 254 Å². The van der Waals surface area contributed by atoms with Crippen LogP contribution in [0.25, 0.3) is 0 Å². The summed E-state index contributed by atoms with van der Waals surface area (Å²) in [6, 6.07) is 41.5. The Morgan fingerprint density at radius 1 is 0.649 bits per heavy atom. The molecule has 0 spiro atoms. The van der Waals surface area contributed by atoms with Gasteiger partial charge in [-0.2, -0.15) is 149 Å². The Balaban J connectivity index is 0. The SMILES string of the molecule is Cc1c(C)c2[c-](c1C)C(C)C2.[Cl-].[Cl-].[Ti+2].[c-]1ccc[pH]1.[c-]1ccccc1.[c-]1ccccc1.[c-]1ccccc1. The fraction of sp³-hybridized carbons (Fsp3) is 0.182. The maximum Gasteiger partial charge on any atom is 2.00 e. The minimum absolute atomic E-state index is 0. The molecule has 0 nitrogen and oxygen atoms in total. The van der Waals surface area contributed by atoms with Crippen LogP contribution in [0.1, 0.15) is 40.7 Å². The summed E-state index contributed by atoms with van der Waals surface area (Å²) in [6.45, 7) is 9.09. The van der Waals surface area contributed by atoms with Crippen molar-refractivity contribution in [2.24, 2.45) is 0 Å². The van der Waals surface area contributed by atoms with E-state index in [0.29, 0.717) is 0 Å². The van der Waals surface area contributed by atoms with E-state index < -0.39 is 0 Å². The molecule has 4 aromatic carbocycles. The molecule has 194 valence electrons. The minimum Gasteiger partial charge on any atom is -1.00 e. The average Bonchev–Trinajstić information content (AvgIpc) is 3.55. The van der Waals surface area contributed by atoms with Gasteiger partial charge in [0.15, 0.2) is 0 Å². The molecule has 2 unspecified atom stereocenters. The van der Waals surface area contributed by atoms with E-state index in [4.69, 9.17) is 0 Å². The van der Waals surface area contributed by atoms with Crippen LogP contribution >= 0.6 is 8.19 Å². The van der Waals surface area contributed by atoms with Gasteiger partial charge in [-0.15, -0.1) is 5.56 Å². The van der Waals surface area contributed by atoms with Crippen LogP contribution in [0, 0.1) is 44.8 Å². The molecular weight excluding hydrogens is 546 g/mol. The van der Waals surface area contributed by atoms with Crippen LogP contribution in [-0.4, -0.2) is 0 Å². The number of hydrogen-bond donors (Lipinski definition) is 0. The number of halogens is 2. The molecule has 1 aromatic heterocycles. The van der Waals surface area contributed by atoms with Gasteiger partial charge in [-0.25, -0.2) is 6.07 Å². The van der Waals surface area contributed by atoms with Crippen LogP contribution in [0.4, 0.5) is 0 Å². The first-order valence-corrected chi connectivity index (χ1v) is 12.7. The van der Waals surface area contributed by atoms with Crippen molar-refractivity contribution >= 4 is 8.19 Å². The quantitative estimate of drug-likeness (QED) is 0.195.